The van der Waals surface area contributed by atoms with Crippen molar-refractivity contribution in [1.82, 2.24) is 9.55 Å². The number of thioether (sulfide) groups is 1. The number of carbonyl (C=O) groups is 1. The van der Waals surface area contributed by atoms with Gasteiger partial charge in [0.25, 0.3) is 0 Å². The fraction of sp³-hybridized carbons (Fsp3) is 0.583. The summed E-state index contributed by atoms with van der Waals surface area (Å²) in [5.74, 6) is 0.406. The predicted octanol–water partition coefficient (Wildman–Crippen LogP) is 6.56. The Morgan fingerprint density at radius 3 is 2.48 bits per heavy atom. The van der Waals surface area contributed by atoms with E-state index in [9.17, 15) is 4.79 Å². The van der Waals surface area contributed by atoms with E-state index in [1.54, 1.807) is 11.8 Å². The Morgan fingerprint density at radius 1 is 1.14 bits per heavy atom. The first-order valence-corrected chi connectivity index (χ1v) is 11.8. The SMILES string of the molecule is Cc1cccc(C(C)C)c1NC(=O)C(C)Sc1nc(C)c(C)n1C1CCCCC1. The topological polar surface area (TPSA) is 46.9 Å². The quantitative estimate of drug-likeness (QED) is 0.546. The van der Waals surface area contributed by atoms with Crippen molar-refractivity contribution in [3.63, 3.8) is 0 Å². The van der Waals surface area contributed by atoms with Crippen LogP contribution in [0.5, 0.6) is 0 Å². The van der Waals surface area contributed by atoms with Crippen LogP contribution in [-0.4, -0.2) is 20.7 Å². The molecule has 1 heterocycles. The second-order valence-electron chi connectivity index (χ2n) is 8.67. The zero-order valence-corrected chi connectivity index (χ0v) is 19.5. The number of imidazole rings is 1. The number of rotatable bonds is 6. The van der Waals surface area contributed by atoms with Crippen LogP contribution in [0.4, 0.5) is 5.69 Å². The molecule has 158 valence electrons. The average Bonchev–Trinajstić information content (AvgIpc) is 2.97. The molecular formula is C24H35N3OS. The highest BCUT2D eigenvalue weighted by atomic mass is 32.2. The van der Waals surface area contributed by atoms with Crippen molar-refractivity contribution in [2.24, 2.45) is 0 Å². The highest BCUT2D eigenvalue weighted by Crippen LogP contribution is 2.36. The lowest BCUT2D eigenvalue weighted by molar-refractivity contribution is -0.115. The lowest BCUT2D eigenvalue weighted by atomic mass is 9.95. The van der Waals surface area contributed by atoms with Gasteiger partial charge in [-0.25, -0.2) is 4.98 Å². The summed E-state index contributed by atoms with van der Waals surface area (Å²) in [4.78, 5) is 17.9. The molecule has 1 aliphatic rings. The van der Waals surface area contributed by atoms with Crippen LogP contribution < -0.4 is 5.32 Å². The fourth-order valence-corrected chi connectivity index (χ4v) is 5.30. The molecule has 4 nitrogen and oxygen atoms in total. The first-order valence-electron chi connectivity index (χ1n) is 10.9. The number of nitrogens with zero attached hydrogens (tertiary/aromatic N) is 2. The van der Waals surface area contributed by atoms with Gasteiger partial charge in [0.05, 0.1) is 10.9 Å². The van der Waals surface area contributed by atoms with Crippen LogP contribution in [0.1, 0.15) is 87.3 Å². The van der Waals surface area contributed by atoms with E-state index in [2.05, 4.69) is 62.7 Å². The zero-order valence-electron chi connectivity index (χ0n) is 18.7. The molecule has 1 unspecified atom stereocenters. The number of hydrogen-bond donors (Lipinski definition) is 1. The van der Waals surface area contributed by atoms with Gasteiger partial charge in [-0.05, 0) is 57.6 Å². The number of nitrogens with one attached hydrogen (secondary N) is 1. The van der Waals surface area contributed by atoms with Gasteiger partial charge in [-0.15, -0.1) is 0 Å². The third kappa shape index (κ3) is 4.88. The van der Waals surface area contributed by atoms with Crippen molar-refractivity contribution in [1.29, 1.82) is 0 Å². The van der Waals surface area contributed by atoms with Crippen molar-refractivity contribution in [3.8, 4) is 0 Å². The maximum absolute atomic E-state index is 13.1. The van der Waals surface area contributed by atoms with Gasteiger partial charge in [0.1, 0.15) is 0 Å². The maximum atomic E-state index is 13.1. The van der Waals surface area contributed by atoms with Crippen LogP contribution in [0.15, 0.2) is 23.4 Å². The predicted molar refractivity (Wildman–Crippen MR) is 123 cm³/mol. The lowest BCUT2D eigenvalue weighted by Gasteiger charge is -2.26. The van der Waals surface area contributed by atoms with E-state index in [1.807, 2.05) is 6.92 Å². The molecule has 1 aliphatic carbocycles. The van der Waals surface area contributed by atoms with E-state index >= 15 is 0 Å². The summed E-state index contributed by atoms with van der Waals surface area (Å²) in [5, 5.41) is 3.98. The summed E-state index contributed by atoms with van der Waals surface area (Å²) >= 11 is 1.59. The minimum absolute atomic E-state index is 0.0414. The number of para-hydroxylation sites is 1. The van der Waals surface area contributed by atoms with Gasteiger partial charge < -0.3 is 9.88 Å². The smallest absolute Gasteiger partial charge is 0.237 e. The average molecular weight is 414 g/mol. The minimum Gasteiger partial charge on any atom is -0.325 e. The van der Waals surface area contributed by atoms with Crippen LogP contribution in [0, 0.1) is 20.8 Å². The van der Waals surface area contributed by atoms with E-state index in [1.165, 1.54) is 43.4 Å². The van der Waals surface area contributed by atoms with Gasteiger partial charge in [-0.3, -0.25) is 4.79 Å². The van der Waals surface area contributed by atoms with Crippen molar-refractivity contribution in [3.05, 3.63) is 40.7 Å². The highest BCUT2D eigenvalue weighted by molar-refractivity contribution is 8.00. The van der Waals surface area contributed by atoms with E-state index in [-0.39, 0.29) is 11.2 Å². The Morgan fingerprint density at radius 2 is 1.83 bits per heavy atom. The van der Waals surface area contributed by atoms with Crippen LogP contribution in [-0.2, 0) is 4.79 Å². The van der Waals surface area contributed by atoms with Crippen LogP contribution in [0.25, 0.3) is 0 Å². The molecule has 1 aromatic carbocycles. The molecule has 1 N–H and O–H groups in total. The number of hydrogen-bond acceptors (Lipinski definition) is 3. The standard InChI is InChI=1S/C24H35N3OS/c1-15(2)21-14-10-11-16(3)22(21)26-23(28)19(6)29-24-25-17(4)18(5)27(24)20-12-8-7-9-13-20/h10-11,14-15,19-20H,7-9,12-13H2,1-6H3,(H,26,28). The molecule has 0 bridgehead atoms. The van der Waals surface area contributed by atoms with Crippen molar-refractivity contribution in [2.45, 2.75) is 96.0 Å². The van der Waals surface area contributed by atoms with Gasteiger partial charge >= 0.3 is 0 Å². The minimum atomic E-state index is -0.210. The van der Waals surface area contributed by atoms with Gasteiger partial charge in [-0.1, -0.05) is 63.1 Å². The molecule has 2 aromatic rings. The van der Waals surface area contributed by atoms with E-state index < -0.39 is 0 Å². The number of amides is 1. The molecule has 29 heavy (non-hydrogen) atoms. The highest BCUT2D eigenvalue weighted by Gasteiger charge is 2.25. The number of carbonyl (C=O) groups excluding carboxylic acids is 1. The number of anilines is 1. The molecular weight excluding hydrogens is 378 g/mol. The fourth-order valence-electron chi connectivity index (χ4n) is 4.23. The summed E-state index contributed by atoms with van der Waals surface area (Å²) in [6.45, 7) is 12.6. The lowest BCUT2D eigenvalue weighted by Crippen LogP contribution is -2.25. The molecule has 1 atom stereocenters. The Bertz CT molecular complexity index is 865. The summed E-state index contributed by atoms with van der Waals surface area (Å²) in [6, 6.07) is 6.74. The van der Waals surface area contributed by atoms with Crippen molar-refractivity contribution in [2.75, 3.05) is 5.32 Å². The van der Waals surface area contributed by atoms with Crippen LogP contribution in [0.3, 0.4) is 0 Å². The number of aryl methyl sites for hydroxylation is 2. The number of aromatic nitrogens is 2. The summed E-state index contributed by atoms with van der Waals surface area (Å²) in [5.41, 5.74) is 5.57. The molecule has 1 aromatic heterocycles. The second kappa shape index (κ2) is 9.38. The Hall–Kier alpha value is -1.75. The molecule has 0 aliphatic heterocycles. The first-order chi connectivity index (χ1) is 13.8. The van der Waals surface area contributed by atoms with Gasteiger partial charge in [0, 0.05) is 17.4 Å². The summed E-state index contributed by atoms with van der Waals surface area (Å²) < 4.78 is 2.40. The maximum Gasteiger partial charge on any atom is 0.237 e. The largest absolute Gasteiger partial charge is 0.325 e. The normalized spacial score (nSPS) is 16.2. The molecule has 0 radical (unpaired) electrons. The number of benzene rings is 1. The first kappa shape index (κ1) is 21.9. The third-order valence-corrected chi connectivity index (χ3v) is 7.19. The summed E-state index contributed by atoms with van der Waals surface area (Å²) in [6.07, 6.45) is 6.33. The van der Waals surface area contributed by atoms with Gasteiger partial charge in [-0.2, -0.15) is 0 Å². The van der Waals surface area contributed by atoms with Crippen LogP contribution in [0.2, 0.25) is 0 Å². The van der Waals surface area contributed by atoms with Gasteiger partial charge in [0.15, 0.2) is 5.16 Å². The van der Waals surface area contributed by atoms with Crippen LogP contribution >= 0.6 is 11.8 Å². The van der Waals surface area contributed by atoms with E-state index in [4.69, 9.17) is 4.98 Å². The molecule has 5 heteroatoms. The van der Waals surface area contributed by atoms with E-state index in [0.29, 0.717) is 12.0 Å². The zero-order chi connectivity index (χ0) is 21.1. The second-order valence-corrected chi connectivity index (χ2v) is 9.98. The Kier molecular flexibility index (Phi) is 7.10. The van der Waals surface area contributed by atoms with Crippen molar-refractivity contribution < 1.29 is 4.79 Å². The molecule has 1 fully saturated rings. The van der Waals surface area contributed by atoms with Gasteiger partial charge in [0.2, 0.25) is 5.91 Å². The summed E-state index contributed by atoms with van der Waals surface area (Å²) in [7, 11) is 0. The molecule has 3 rings (SSSR count). The monoisotopic (exact) mass is 413 g/mol. The molecule has 1 amide bonds. The third-order valence-electron chi connectivity index (χ3n) is 6.12. The molecule has 0 saturated heterocycles. The Balaban J connectivity index is 1.78. The van der Waals surface area contributed by atoms with Crippen molar-refractivity contribution >= 4 is 23.4 Å². The van der Waals surface area contributed by atoms with E-state index in [0.717, 1.165) is 22.1 Å². The molecule has 1 saturated carbocycles. The Labute approximate surface area is 179 Å². The molecule has 0 spiro atoms.